The van der Waals surface area contributed by atoms with Gasteiger partial charge in [0.25, 0.3) is 0 Å². The van der Waals surface area contributed by atoms with Crippen LogP contribution in [-0.4, -0.2) is 48.9 Å². The third kappa shape index (κ3) is 5.46. The number of hydrogen-bond acceptors (Lipinski definition) is 4. The average Bonchev–Trinajstić information content (AvgIpc) is 2.93. The average molecular weight is 287 g/mol. The Hall–Kier alpha value is -1.14. The van der Waals surface area contributed by atoms with E-state index in [0.29, 0.717) is 6.42 Å². The number of carbonyl (C=O) groups excluding carboxylic acids is 1. The number of carboxylic acid groups (broad SMARTS) is 1. The molecule has 0 aliphatic heterocycles. The SMILES string of the molecule is CCC(OC1CCCC1)C(=O)NC(CCOC)C(=O)O. The van der Waals surface area contributed by atoms with E-state index in [1.807, 2.05) is 6.92 Å². The second-order valence-corrected chi connectivity index (χ2v) is 5.12. The van der Waals surface area contributed by atoms with E-state index < -0.39 is 18.1 Å². The molecule has 20 heavy (non-hydrogen) atoms. The van der Waals surface area contributed by atoms with Gasteiger partial charge in [-0.2, -0.15) is 0 Å². The highest BCUT2D eigenvalue weighted by Crippen LogP contribution is 2.23. The van der Waals surface area contributed by atoms with Crippen LogP contribution in [0.15, 0.2) is 0 Å². The van der Waals surface area contributed by atoms with Gasteiger partial charge in [0, 0.05) is 20.1 Å². The topological polar surface area (TPSA) is 84.9 Å². The summed E-state index contributed by atoms with van der Waals surface area (Å²) < 4.78 is 10.6. The molecule has 2 unspecified atom stereocenters. The Morgan fingerprint density at radius 2 is 2.00 bits per heavy atom. The van der Waals surface area contributed by atoms with Crippen LogP contribution in [0.25, 0.3) is 0 Å². The van der Waals surface area contributed by atoms with E-state index in [9.17, 15) is 9.59 Å². The summed E-state index contributed by atoms with van der Waals surface area (Å²) in [6.07, 6.45) is 4.58. The minimum Gasteiger partial charge on any atom is -0.480 e. The summed E-state index contributed by atoms with van der Waals surface area (Å²) in [6.45, 7) is 2.15. The Labute approximate surface area is 119 Å². The number of rotatable bonds is 9. The van der Waals surface area contributed by atoms with Crippen LogP contribution in [0.2, 0.25) is 0 Å². The van der Waals surface area contributed by atoms with Gasteiger partial charge in [-0.25, -0.2) is 4.79 Å². The quantitative estimate of drug-likeness (QED) is 0.668. The molecule has 0 radical (unpaired) electrons. The van der Waals surface area contributed by atoms with E-state index in [0.717, 1.165) is 25.7 Å². The molecule has 1 rings (SSSR count). The van der Waals surface area contributed by atoms with Crippen LogP contribution >= 0.6 is 0 Å². The Bertz CT molecular complexity index is 315. The standard InChI is InChI=1S/C14H25NO5/c1-3-12(20-10-6-4-5-7-10)13(16)15-11(14(17)18)8-9-19-2/h10-12H,3-9H2,1-2H3,(H,15,16)(H,17,18). The third-order valence-corrected chi connectivity index (χ3v) is 3.55. The van der Waals surface area contributed by atoms with Crippen molar-refractivity contribution in [3.63, 3.8) is 0 Å². The first-order valence-electron chi connectivity index (χ1n) is 7.26. The molecule has 116 valence electrons. The van der Waals surface area contributed by atoms with Crippen LogP contribution in [0.4, 0.5) is 0 Å². The summed E-state index contributed by atoms with van der Waals surface area (Å²) in [6, 6.07) is -0.927. The van der Waals surface area contributed by atoms with Gasteiger partial charge in [-0.05, 0) is 19.3 Å². The zero-order valence-corrected chi connectivity index (χ0v) is 12.3. The Morgan fingerprint density at radius 1 is 1.35 bits per heavy atom. The minimum atomic E-state index is -1.05. The summed E-state index contributed by atoms with van der Waals surface area (Å²) >= 11 is 0. The maximum absolute atomic E-state index is 12.1. The van der Waals surface area contributed by atoms with E-state index in [1.165, 1.54) is 7.11 Å². The summed E-state index contributed by atoms with van der Waals surface area (Å²) in [7, 11) is 1.50. The van der Waals surface area contributed by atoms with Gasteiger partial charge < -0.3 is 19.9 Å². The highest BCUT2D eigenvalue weighted by atomic mass is 16.5. The zero-order chi connectivity index (χ0) is 15.0. The summed E-state index contributed by atoms with van der Waals surface area (Å²) in [5, 5.41) is 11.6. The van der Waals surface area contributed by atoms with Crippen molar-refractivity contribution in [3.8, 4) is 0 Å². The molecule has 2 N–H and O–H groups in total. The lowest BCUT2D eigenvalue weighted by Gasteiger charge is -2.22. The smallest absolute Gasteiger partial charge is 0.326 e. The van der Waals surface area contributed by atoms with Crippen LogP contribution in [0, 0.1) is 0 Å². The fourth-order valence-electron chi connectivity index (χ4n) is 2.36. The van der Waals surface area contributed by atoms with Crippen molar-refractivity contribution in [2.24, 2.45) is 0 Å². The zero-order valence-electron chi connectivity index (χ0n) is 12.3. The van der Waals surface area contributed by atoms with Crippen LogP contribution < -0.4 is 5.32 Å². The molecule has 6 heteroatoms. The Kier molecular flexibility index (Phi) is 7.54. The molecule has 0 spiro atoms. The molecule has 1 amide bonds. The molecule has 0 saturated heterocycles. The fraction of sp³-hybridized carbons (Fsp3) is 0.857. The van der Waals surface area contributed by atoms with Crippen molar-refractivity contribution in [1.82, 2.24) is 5.32 Å². The monoisotopic (exact) mass is 287 g/mol. The lowest BCUT2D eigenvalue weighted by Crippen LogP contribution is -2.47. The normalized spacial score (nSPS) is 18.7. The van der Waals surface area contributed by atoms with Gasteiger partial charge in [-0.1, -0.05) is 19.8 Å². The van der Waals surface area contributed by atoms with Crippen LogP contribution in [-0.2, 0) is 19.1 Å². The first-order valence-corrected chi connectivity index (χ1v) is 7.26. The second kappa shape index (κ2) is 8.92. The van der Waals surface area contributed by atoms with Gasteiger partial charge in [-0.3, -0.25) is 4.79 Å². The number of carbonyl (C=O) groups is 2. The van der Waals surface area contributed by atoms with E-state index in [2.05, 4.69) is 5.32 Å². The van der Waals surface area contributed by atoms with Gasteiger partial charge in [0.15, 0.2) is 0 Å². The van der Waals surface area contributed by atoms with Crippen LogP contribution in [0.1, 0.15) is 45.4 Å². The summed E-state index contributed by atoms with van der Waals surface area (Å²) in [5.41, 5.74) is 0. The molecule has 0 bridgehead atoms. The van der Waals surface area contributed by atoms with Crippen molar-refractivity contribution in [2.75, 3.05) is 13.7 Å². The number of nitrogens with one attached hydrogen (secondary N) is 1. The molecule has 6 nitrogen and oxygen atoms in total. The fourth-order valence-corrected chi connectivity index (χ4v) is 2.36. The third-order valence-electron chi connectivity index (χ3n) is 3.55. The lowest BCUT2D eigenvalue weighted by molar-refractivity contribution is -0.146. The first kappa shape index (κ1) is 16.9. The Balaban J connectivity index is 2.48. The van der Waals surface area contributed by atoms with Crippen molar-refractivity contribution >= 4 is 11.9 Å². The summed E-state index contributed by atoms with van der Waals surface area (Å²) in [4.78, 5) is 23.2. The van der Waals surface area contributed by atoms with E-state index in [4.69, 9.17) is 14.6 Å². The number of hydrogen-bond donors (Lipinski definition) is 2. The number of aliphatic carboxylic acids is 1. The largest absolute Gasteiger partial charge is 0.480 e. The van der Waals surface area contributed by atoms with Crippen molar-refractivity contribution < 1.29 is 24.2 Å². The molecule has 0 heterocycles. The number of ether oxygens (including phenoxy) is 2. The predicted octanol–water partition coefficient (Wildman–Crippen LogP) is 1.33. The van der Waals surface area contributed by atoms with Crippen LogP contribution in [0.5, 0.6) is 0 Å². The van der Waals surface area contributed by atoms with Crippen molar-refractivity contribution in [3.05, 3.63) is 0 Å². The molecule has 1 saturated carbocycles. The lowest BCUT2D eigenvalue weighted by atomic mass is 10.1. The molecule has 0 aromatic heterocycles. The van der Waals surface area contributed by atoms with Gasteiger partial charge >= 0.3 is 5.97 Å². The van der Waals surface area contributed by atoms with E-state index >= 15 is 0 Å². The predicted molar refractivity (Wildman–Crippen MR) is 73.5 cm³/mol. The molecule has 0 aromatic carbocycles. The van der Waals surface area contributed by atoms with Crippen molar-refractivity contribution in [1.29, 1.82) is 0 Å². The molecule has 1 fully saturated rings. The molecule has 1 aliphatic carbocycles. The van der Waals surface area contributed by atoms with Gasteiger partial charge in [0.05, 0.1) is 6.10 Å². The minimum absolute atomic E-state index is 0.132. The van der Waals surface area contributed by atoms with Crippen molar-refractivity contribution in [2.45, 2.75) is 63.7 Å². The van der Waals surface area contributed by atoms with E-state index in [-0.39, 0.29) is 25.0 Å². The second-order valence-electron chi connectivity index (χ2n) is 5.12. The highest BCUT2D eigenvalue weighted by Gasteiger charge is 2.27. The number of carboxylic acids is 1. The highest BCUT2D eigenvalue weighted by molar-refractivity contribution is 5.86. The molecule has 2 atom stereocenters. The number of amides is 1. The first-order chi connectivity index (χ1) is 9.58. The van der Waals surface area contributed by atoms with Gasteiger partial charge in [-0.15, -0.1) is 0 Å². The summed E-state index contributed by atoms with van der Waals surface area (Å²) in [5.74, 6) is -1.39. The number of methoxy groups -OCH3 is 1. The molecular weight excluding hydrogens is 262 g/mol. The Morgan fingerprint density at radius 3 is 2.50 bits per heavy atom. The molecular formula is C14H25NO5. The van der Waals surface area contributed by atoms with Crippen LogP contribution in [0.3, 0.4) is 0 Å². The maximum Gasteiger partial charge on any atom is 0.326 e. The van der Waals surface area contributed by atoms with E-state index in [1.54, 1.807) is 0 Å². The van der Waals surface area contributed by atoms with Gasteiger partial charge in [0.2, 0.25) is 5.91 Å². The van der Waals surface area contributed by atoms with Gasteiger partial charge in [0.1, 0.15) is 12.1 Å². The molecule has 0 aromatic rings. The maximum atomic E-state index is 12.1. The molecule has 1 aliphatic rings.